The molecule has 4 aromatic rings. The van der Waals surface area contributed by atoms with Crippen LogP contribution in [0.2, 0.25) is 0 Å². The third-order valence-electron chi connectivity index (χ3n) is 4.83. The van der Waals surface area contributed by atoms with Gasteiger partial charge in [0, 0.05) is 16.8 Å². The molecule has 0 saturated carbocycles. The summed E-state index contributed by atoms with van der Waals surface area (Å²) < 4.78 is 45.4. The number of ether oxygens (including phenoxy) is 1. The predicted molar refractivity (Wildman–Crippen MR) is 121 cm³/mol. The van der Waals surface area contributed by atoms with E-state index < -0.39 is 21.7 Å². The number of aromatic nitrogens is 1. The number of nitrogens with one attached hydrogen (secondary N) is 3. The number of rotatable bonds is 7. The van der Waals surface area contributed by atoms with Crippen LogP contribution in [-0.2, 0) is 10.0 Å². The van der Waals surface area contributed by atoms with Gasteiger partial charge in [0.25, 0.3) is 15.9 Å². The van der Waals surface area contributed by atoms with Crippen LogP contribution in [0.5, 0.6) is 5.75 Å². The minimum atomic E-state index is -4.16. The largest absolute Gasteiger partial charge is 0.497 e. The average Bonchev–Trinajstić information content (AvgIpc) is 3.27. The number of sulfonamides is 1. The number of benzene rings is 3. The van der Waals surface area contributed by atoms with Crippen molar-refractivity contribution in [3.8, 4) is 5.75 Å². The van der Waals surface area contributed by atoms with Crippen molar-refractivity contribution in [2.75, 3.05) is 12.4 Å². The average molecular weight is 468 g/mol. The number of halogens is 1. The maximum Gasteiger partial charge on any atom is 0.281 e. The molecule has 11 heteroatoms. The number of amides is 1. The molecule has 0 unspecified atom stereocenters. The zero-order valence-electron chi connectivity index (χ0n) is 17.1. The van der Waals surface area contributed by atoms with Crippen LogP contribution in [0.3, 0.4) is 0 Å². The second-order valence-corrected chi connectivity index (χ2v) is 8.62. The number of methoxy groups -OCH3 is 1. The van der Waals surface area contributed by atoms with Crippen LogP contribution in [0, 0.1) is 10.7 Å². The van der Waals surface area contributed by atoms with Gasteiger partial charge in [0.2, 0.25) is 0 Å². The highest BCUT2D eigenvalue weighted by atomic mass is 32.2. The standard InChI is InChI=1S/C22H17FN4O5S/c1-32-15-6-8-16(9-7-15)33(30,31)27-22(28)20-12-17-18(10-11-19(26-29)21(17)25-20)24-14-4-2-13(23)3-5-14/h2-12,24-25H,1H3,(H,27,28). The molecule has 3 N–H and O–H groups in total. The molecule has 0 aliphatic rings. The third-order valence-corrected chi connectivity index (χ3v) is 6.18. The zero-order valence-corrected chi connectivity index (χ0v) is 17.9. The summed E-state index contributed by atoms with van der Waals surface area (Å²) in [5, 5.41) is 6.44. The van der Waals surface area contributed by atoms with Crippen molar-refractivity contribution in [3.05, 3.63) is 83.1 Å². The fourth-order valence-corrected chi connectivity index (χ4v) is 4.16. The third kappa shape index (κ3) is 4.53. The molecule has 0 aliphatic carbocycles. The summed E-state index contributed by atoms with van der Waals surface area (Å²) in [7, 11) is -2.71. The van der Waals surface area contributed by atoms with Crippen LogP contribution in [0.4, 0.5) is 21.5 Å². The van der Waals surface area contributed by atoms with E-state index in [1.807, 2.05) is 4.72 Å². The summed E-state index contributed by atoms with van der Waals surface area (Å²) in [6.07, 6.45) is 0. The lowest BCUT2D eigenvalue weighted by Gasteiger charge is -2.08. The molecule has 9 nitrogen and oxygen atoms in total. The molecule has 0 radical (unpaired) electrons. The second-order valence-electron chi connectivity index (χ2n) is 6.94. The molecule has 0 atom stereocenters. The lowest BCUT2D eigenvalue weighted by Crippen LogP contribution is -2.30. The van der Waals surface area contributed by atoms with E-state index in [1.54, 1.807) is 6.07 Å². The molecule has 168 valence electrons. The molecule has 1 heterocycles. The van der Waals surface area contributed by atoms with Gasteiger partial charge >= 0.3 is 0 Å². The smallest absolute Gasteiger partial charge is 0.281 e. The van der Waals surface area contributed by atoms with Gasteiger partial charge in [-0.15, -0.1) is 4.91 Å². The molecule has 0 bridgehead atoms. The fraction of sp³-hybridized carbons (Fsp3) is 0.0455. The van der Waals surface area contributed by atoms with Gasteiger partial charge in [-0.2, -0.15) is 0 Å². The first-order valence-corrected chi connectivity index (χ1v) is 11.0. The Labute approximate surface area is 187 Å². The van der Waals surface area contributed by atoms with Crippen molar-refractivity contribution in [2.24, 2.45) is 5.18 Å². The van der Waals surface area contributed by atoms with Gasteiger partial charge in [0.15, 0.2) is 0 Å². The predicted octanol–water partition coefficient (Wildman–Crippen LogP) is 4.58. The molecule has 4 rings (SSSR count). The quantitative estimate of drug-likeness (QED) is 0.341. The minimum absolute atomic E-state index is 0.0340. The number of H-pyrrole nitrogens is 1. The van der Waals surface area contributed by atoms with Gasteiger partial charge in [-0.05, 0) is 71.9 Å². The van der Waals surface area contributed by atoms with Gasteiger partial charge in [-0.1, -0.05) is 0 Å². The van der Waals surface area contributed by atoms with E-state index in [2.05, 4.69) is 15.5 Å². The molecule has 33 heavy (non-hydrogen) atoms. The first-order chi connectivity index (χ1) is 15.8. The zero-order chi connectivity index (χ0) is 23.6. The number of hydrogen-bond donors (Lipinski definition) is 3. The highest BCUT2D eigenvalue weighted by molar-refractivity contribution is 7.90. The first kappa shape index (κ1) is 22.0. The number of anilines is 2. The van der Waals surface area contributed by atoms with Crippen molar-refractivity contribution < 1.29 is 22.3 Å². The van der Waals surface area contributed by atoms with Gasteiger partial charge < -0.3 is 15.0 Å². The Bertz CT molecular complexity index is 1450. The molecule has 0 saturated heterocycles. The Morgan fingerprint density at radius 2 is 1.73 bits per heavy atom. The Balaban J connectivity index is 1.66. The summed E-state index contributed by atoms with van der Waals surface area (Å²) >= 11 is 0. The van der Waals surface area contributed by atoms with Gasteiger partial charge in [0.05, 0.1) is 17.5 Å². The van der Waals surface area contributed by atoms with Gasteiger partial charge in [0.1, 0.15) is 22.9 Å². The molecule has 3 aromatic carbocycles. The van der Waals surface area contributed by atoms with Crippen LogP contribution in [0.25, 0.3) is 10.9 Å². The minimum Gasteiger partial charge on any atom is -0.497 e. The summed E-state index contributed by atoms with van der Waals surface area (Å²) in [6, 6.07) is 15.5. The molecule has 0 aliphatic heterocycles. The number of nitroso groups, excluding NO2 is 1. The van der Waals surface area contributed by atoms with Crippen LogP contribution in [-0.4, -0.2) is 26.4 Å². The van der Waals surface area contributed by atoms with E-state index in [-0.39, 0.29) is 21.8 Å². The van der Waals surface area contributed by atoms with Crippen molar-refractivity contribution in [1.82, 2.24) is 9.71 Å². The topological polar surface area (TPSA) is 130 Å². The maximum absolute atomic E-state index is 13.2. The lowest BCUT2D eigenvalue weighted by atomic mass is 10.1. The van der Waals surface area contributed by atoms with Crippen LogP contribution in [0.1, 0.15) is 10.5 Å². The Morgan fingerprint density at radius 3 is 2.36 bits per heavy atom. The molecule has 0 fully saturated rings. The Kier molecular flexibility index (Phi) is 5.80. The lowest BCUT2D eigenvalue weighted by molar-refractivity contribution is 0.0977. The van der Waals surface area contributed by atoms with E-state index in [0.717, 1.165) is 0 Å². The normalized spacial score (nSPS) is 11.2. The van der Waals surface area contributed by atoms with Crippen molar-refractivity contribution in [2.45, 2.75) is 4.90 Å². The van der Waals surface area contributed by atoms with Crippen LogP contribution in [0.15, 0.2) is 76.8 Å². The van der Waals surface area contributed by atoms with E-state index >= 15 is 0 Å². The maximum atomic E-state index is 13.2. The number of nitrogens with zero attached hydrogens (tertiary/aromatic N) is 1. The number of carbonyl (C=O) groups excluding carboxylic acids is 1. The van der Waals surface area contributed by atoms with E-state index in [0.29, 0.717) is 22.5 Å². The number of fused-ring (bicyclic) bond motifs is 1. The molecule has 1 amide bonds. The van der Waals surface area contributed by atoms with Crippen molar-refractivity contribution in [1.29, 1.82) is 0 Å². The fourth-order valence-electron chi connectivity index (χ4n) is 3.19. The number of hydrogen-bond acceptors (Lipinski definition) is 7. The number of aromatic amines is 1. The van der Waals surface area contributed by atoms with Crippen LogP contribution < -0.4 is 14.8 Å². The summed E-state index contributed by atoms with van der Waals surface area (Å²) in [5.41, 5.74) is 1.24. The summed E-state index contributed by atoms with van der Waals surface area (Å²) in [6.45, 7) is 0. The van der Waals surface area contributed by atoms with Crippen molar-refractivity contribution >= 4 is 43.9 Å². The SMILES string of the molecule is COc1ccc(S(=O)(=O)NC(=O)c2cc3c(Nc4ccc(F)cc4)ccc(N=O)c3[nH]2)cc1. The van der Waals surface area contributed by atoms with Gasteiger partial charge in [-0.25, -0.2) is 17.5 Å². The molecular weight excluding hydrogens is 451 g/mol. The Hall–Kier alpha value is -4.25. The number of carbonyl (C=O) groups is 1. The monoisotopic (exact) mass is 468 g/mol. The second kappa shape index (κ2) is 8.71. The van der Waals surface area contributed by atoms with Crippen molar-refractivity contribution in [3.63, 3.8) is 0 Å². The molecular formula is C22H17FN4O5S. The summed E-state index contributed by atoms with van der Waals surface area (Å²) in [4.78, 5) is 26.6. The van der Waals surface area contributed by atoms with Crippen LogP contribution >= 0.6 is 0 Å². The van der Waals surface area contributed by atoms with E-state index in [1.165, 1.54) is 67.8 Å². The van der Waals surface area contributed by atoms with Gasteiger partial charge in [-0.3, -0.25) is 4.79 Å². The molecule has 1 aromatic heterocycles. The Morgan fingerprint density at radius 1 is 1.03 bits per heavy atom. The highest BCUT2D eigenvalue weighted by Gasteiger charge is 2.21. The van der Waals surface area contributed by atoms with E-state index in [9.17, 15) is 22.5 Å². The first-order valence-electron chi connectivity index (χ1n) is 9.53. The molecule has 0 spiro atoms. The summed E-state index contributed by atoms with van der Waals surface area (Å²) in [5.74, 6) is -0.859. The van der Waals surface area contributed by atoms with E-state index in [4.69, 9.17) is 4.74 Å². The highest BCUT2D eigenvalue weighted by Crippen LogP contribution is 2.34.